The van der Waals surface area contributed by atoms with E-state index < -0.39 is 24.0 Å². The molecule has 0 aliphatic rings. The molecule has 0 saturated carbocycles. The minimum Gasteiger partial charge on any atom is -0.466 e. The zero-order valence-corrected chi connectivity index (χ0v) is 21.8. The topological polar surface area (TPSA) is 90.7 Å². The Morgan fingerprint density at radius 3 is 2.58 bits per heavy atom. The summed E-state index contributed by atoms with van der Waals surface area (Å²) < 4.78 is 31.3. The first-order chi connectivity index (χ1) is 18.3. The van der Waals surface area contributed by atoms with Crippen LogP contribution in [-0.2, 0) is 20.7 Å². The molecule has 38 heavy (non-hydrogen) atoms. The summed E-state index contributed by atoms with van der Waals surface area (Å²) in [4.78, 5) is 24.6. The van der Waals surface area contributed by atoms with Crippen molar-refractivity contribution < 1.29 is 28.0 Å². The van der Waals surface area contributed by atoms with Crippen molar-refractivity contribution in [2.45, 2.75) is 33.3 Å². The molecule has 0 saturated heterocycles. The molecule has 1 atom stereocenters. The van der Waals surface area contributed by atoms with E-state index in [2.05, 4.69) is 10.5 Å². The molecule has 1 amide bonds. The number of aryl methyl sites for hydroxylation is 1. The summed E-state index contributed by atoms with van der Waals surface area (Å²) >= 11 is 6.21. The normalized spacial score (nSPS) is 11.6. The Hall–Kier alpha value is -4.17. The van der Waals surface area contributed by atoms with E-state index in [1.54, 1.807) is 81.4 Å². The van der Waals surface area contributed by atoms with E-state index in [9.17, 15) is 9.59 Å². The van der Waals surface area contributed by atoms with E-state index in [1.807, 2.05) is 6.07 Å². The number of nitrogens with one attached hydrogen (secondary N) is 1. The molecule has 0 bridgehead atoms. The molecule has 1 heterocycles. The fraction of sp³-hybridized carbons (Fsp3) is 0.207. The molecular weight excluding hydrogens is 511 g/mol. The summed E-state index contributed by atoms with van der Waals surface area (Å²) in [6.07, 6.45) is -1.48. The van der Waals surface area contributed by atoms with Gasteiger partial charge in [-0.1, -0.05) is 71.4 Å². The zero-order valence-electron chi connectivity index (χ0n) is 21.1. The summed E-state index contributed by atoms with van der Waals surface area (Å²) in [5.41, 5.74) is 3.11. The number of hydrogen-bond donors (Lipinski definition) is 1. The number of carbonyl (C=O) groups excluding carboxylic acids is 2. The lowest BCUT2D eigenvalue weighted by atomic mass is 9.98. The number of ether oxygens (including phenoxy) is 2. The maximum absolute atomic E-state index is 15.3. The highest BCUT2D eigenvalue weighted by molar-refractivity contribution is 6.31. The molecular formula is C29H26ClFN2O5. The van der Waals surface area contributed by atoms with E-state index in [-0.39, 0.29) is 24.4 Å². The van der Waals surface area contributed by atoms with Crippen LogP contribution in [0.2, 0.25) is 5.02 Å². The number of carbonyl (C=O) groups is 2. The smallest absolute Gasteiger partial charge is 0.412 e. The number of hydrogen-bond acceptors (Lipinski definition) is 6. The highest BCUT2D eigenvalue weighted by Gasteiger charge is 2.21. The maximum Gasteiger partial charge on any atom is 0.412 e. The standard InChI is InChI=1S/C29H26ClFN2O5/c1-4-36-25(34)16-20-10-8-13-23(26(20)31)19-9-7-11-21(15-19)28-27(17(2)33-38-28)32-29(35)37-18(3)22-12-5-6-14-24(22)30/h5-15,18H,4,16H2,1-3H3,(H,32,35). The second kappa shape index (κ2) is 11.9. The molecule has 9 heteroatoms. The molecule has 4 aromatic rings. The fourth-order valence-electron chi connectivity index (χ4n) is 4.01. The van der Waals surface area contributed by atoms with Crippen molar-refractivity contribution in [2.24, 2.45) is 0 Å². The van der Waals surface area contributed by atoms with Crippen LogP contribution in [0.25, 0.3) is 22.5 Å². The van der Waals surface area contributed by atoms with E-state index in [0.29, 0.717) is 38.7 Å². The number of esters is 1. The molecule has 1 N–H and O–H groups in total. The number of nitrogens with zero attached hydrogens (tertiary/aromatic N) is 1. The van der Waals surface area contributed by atoms with Gasteiger partial charge in [0.05, 0.1) is 13.0 Å². The quantitative estimate of drug-likeness (QED) is 0.234. The Kier molecular flexibility index (Phi) is 8.43. The molecule has 3 aromatic carbocycles. The molecule has 0 aliphatic carbocycles. The minimum absolute atomic E-state index is 0.169. The summed E-state index contributed by atoms with van der Waals surface area (Å²) in [6.45, 7) is 5.32. The lowest BCUT2D eigenvalue weighted by Gasteiger charge is -2.15. The van der Waals surface area contributed by atoms with Gasteiger partial charge in [-0.05, 0) is 44.0 Å². The van der Waals surface area contributed by atoms with Crippen molar-refractivity contribution in [3.8, 4) is 22.5 Å². The van der Waals surface area contributed by atoms with Crippen molar-refractivity contribution in [1.29, 1.82) is 0 Å². The number of benzene rings is 3. The maximum atomic E-state index is 15.3. The third kappa shape index (κ3) is 6.03. The summed E-state index contributed by atoms with van der Waals surface area (Å²) in [7, 11) is 0. The fourth-order valence-corrected chi connectivity index (χ4v) is 4.30. The van der Waals surface area contributed by atoms with Gasteiger partial charge in [0.15, 0.2) is 5.76 Å². The van der Waals surface area contributed by atoms with E-state index >= 15 is 4.39 Å². The zero-order chi connectivity index (χ0) is 27.2. The molecule has 0 spiro atoms. The number of anilines is 1. The van der Waals surface area contributed by atoms with Crippen molar-refractivity contribution in [3.05, 3.63) is 94.4 Å². The molecule has 1 unspecified atom stereocenters. The van der Waals surface area contributed by atoms with Crippen LogP contribution in [0.15, 0.2) is 71.3 Å². The summed E-state index contributed by atoms with van der Waals surface area (Å²) in [6, 6.07) is 18.9. The molecule has 196 valence electrons. The van der Waals surface area contributed by atoms with Gasteiger partial charge in [-0.3, -0.25) is 10.1 Å². The molecule has 0 fully saturated rings. The first-order valence-corrected chi connectivity index (χ1v) is 12.4. The Balaban J connectivity index is 1.58. The van der Waals surface area contributed by atoms with Crippen molar-refractivity contribution >= 4 is 29.4 Å². The van der Waals surface area contributed by atoms with Crippen LogP contribution in [0.3, 0.4) is 0 Å². The SMILES string of the molecule is CCOC(=O)Cc1cccc(-c2cccc(-c3onc(C)c3NC(=O)OC(C)c3ccccc3Cl)c2)c1F. The Morgan fingerprint density at radius 1 is 1.08 bits per heavy atom. The molecule has 0 aliphatic heterocycles. The largest absolute Gasteiger partial charge is 0.466 e. The second-order valence-corrected chi connectivity index (χ2v) is 8.91. The second-order valence-electron chi connectivity index (χ2n) is 8.51. The highest BCUT2D eigenvalue weighted by Crippen LogP contribution is 2.35. The van der Waals surface area contributed by atoms with Gasteiger partial charge in [-0.2, -0.15) is 0 Å². The lowest BCUT2D eigenvalue weighted by molar-refractivity contribution is -0.142. The van der Waals surface area contributed by atoms with Gasteiger partial charge < -0.3 is 14.0 Å². The van der Waals surface area contributed by atoms with Crippen LogP contribution in [0.5, 0.6) is 0 Å². The van der Waals surface area contributed by atoms with Crippen molar-refractivity contribution in [2.75, 3.05) is 11.9 Å². The van der Waals surface area contributed by atoms with Gasteiger partial charge in [-0.15, -0.1) is 0 Å². The average molecular weight is 537 g/mol. The van der Waals surface area contributed by atoms with Crippen LogP contribution >= 0.6 is 11.6 Å². The number of amides is 1. The minimum atomic E-state index is -0.709. The first-order valence-electron chi connectivity index (χ1n) is 12.0. The highest BCUT2D eigenvalue weighted by atomic mass is 35.5. The van der Waals surface area contributed by atoms with Crippen molar-refractivity contribution in [3.63, 3.8) is 0 Å². The number of rotatable bonds is 8. The molecule has 7 nitrogen and oxygen atoms in total. The monoisotopic (exact) mass is 536 g/mol. The predicted molar refractivity (Wildman–Crippen MR) is 142 cm³/mol. The molecule has 1 aromatic heterocycles. The van der Waals surface area contributed by atoms with E-state index in [0.717, 1.165) is 0 Å². The third-order valence-corrected chi connectivity index (χ3v) is 6.22. The van der Waals surface area contributed by atoms with Crippen LogP contribution in [0.1, 0.15) is 36.8 Å². The summed E-state index contributed by atoms with van der Waals surface area (Å²) in [5, 5.41) is 7.19. The number of aromatic nitrogens is 1. The summed E-state index contributed by atoms with van der Waals surface area (Å²) in [5.74, 6) is -0.724. The van der Waals surface area contributed by atoms with Crippen LogP contribution in [0.4, 0.5) is 14.9 Å². The van der Waals surface area contributed by atoms with Gasteiger partial charge in [0.2, 0.25) is 0 Å². The molecule has 4 rings (SSSR count). The van der Waals surface area contributed by atoms with Crippen LogP contribution < -0.4 is 5.32 Å². The van der Waals surface area contributed by atoms with Gasteiger partial charge in [0.1, 0.15) is 23.3 Å². The van der Waals surface area contributed by atoms with Crippen molar-refractivity contribution in [1.82, 2.24) is 5.16 Å². The van der Waals surface area contributed by atoms with Gasteiger partial charge in [-0.25, -0.2) is 9.18 Å². The average Bonchev–Trinajstić information content (AvgIpc) is 3.25. The third-order valence-electron chi connectivity index (χ3n) is 5.87. The van der Waals surface area contributed by atoms with Crippen LogP contribution in [0, 0.1) is 12.7 Å². The van der Waals surface area contributed by atoms with Gasteiger partial charge in [0.25, 0.3) is 0 Å². The Bertz CT molecular complexity index is 1470. The Morgan fingerprint density at radius 2 is 1.82 bits per heavy atom. The van der Waals surface area contributed by atoms with Gasteiger partial charge >= 0.3 is 12.1 Å². The lowest BCUT2D eigenvalue weighted by Crippen LogP contribution is -2.17. The van der Waals surface area contributed by atoms with E-state index in [4.69, 9.17) is 25.6 Å². The Labute approximate surface area is 224 Å². The predicted octanol–water partition coefficient (Wildman–Crippen LogP) is 7.52. The number of halogens is 2. The van der Waals surface area contributed by atoms with E-state index in [1.165, 1.54) is 0 Å². The van der Waals surface area contributed by atoms with Gasteiger partial charge in [0, 0.05) is 21.7 Å². The molecule has 0 radical (unpaired) electrons. The first kappa shape index (κ1) is 26.9. The van der Waals surface area contributed by atoms with Crippen LogP contribution in [-0.4, -0.2) is 23.8 Å².